The second-order valence-corrected chi connectivity index (χ2v) is 8.00. The van der Waals surface area contributed by atoms with Crippen LogP contribution in [0.1, 0.15) is 33.6 Å². The van der Waals surface area contributed by atoms with Gasteiger partial charge in [0.1, 0.15) is 0 Å². The van der Waals surface area contributed by atoms with Gasteiger partial charge < -0.3 is 18.9 Å². The van der Waals surface area contributed by atoms with Crippen molar-refractivity contribution in [2.45, 2.75) is 51.6 Å². The summed E-state index contributed by atoms with van der Waals surface area (Å²) in [5.74, 6) is -0.0465. The highest BCUT2D eigenvalue weighted by Gasteiger charge is 2.64. The summed E-state index contributed by atoms with van der Waals surface area (Å²) in [4.78, 5) is 24.3. The maximum atomic E-state index is 12.5. The van der Waals surface area contributed by atoms with Crippen LogP contribution in [-0.2, 0) is 28.5 Å². The average molecular weight is 350 g/mol. The fraction of sp³-hybridized carbons (Fsp3) is 0.789. The molecule has 7 unspecified atom stereocenters. The molecule has 0 N–H and O–H groups in total. The molecule has 25 heavy (non-hydrogen) atoms. The minimum atomic E-state index is -1.02. The van der Waals surface area contributed by atoms with Gasteiger partial charge in [-0.1, -0.05) is 12.2 Å². The Balaban J connectivity index is 1.30. The van der Waals surface area contributed by atoms with Gasteiger partial charge in [0.2, 0.25) is 5.79 Å². The number of fused-ring (bicyclic) bond motifs is 9. The van der Waals surface area contributed by atoms with E-state index < -0.39 is 11.8 Å². The van der Waals surface area contributed by atoms with Crippen LogP contribution in [0.15, 0.2) is 12.2 Å². The Morgan fingerprint density at radius 2 is 1.88 bits per heavy atom. The molecule has 4 bridgehead atoms. The zero-order valence-corrected chi connectivity index (χ0v) is 15.0. The van der Waals surface area contributed by atoms with E-state index in [0.29, 0.717) is 36.7 Å². The number of hydrogen-bond donors (Lipinski definition) is 0. The lowest BCUT2D eigenvalue weighted by Gasteiger charge is -2.32. The molecule has 1 saturated carbocycles. The maximum Gasteiger partial charge on any atom is 0.346 e. The summed E-state index contributed by atoms with van der Waals surface area (Å²) in [6, 6.07) is 0. The van der Waals surface area contributed by atoms with Gasteiger partial charge >= 0.3 is 11.9 Å². The molecule has 4 rings (SSSR count). The summed E-state index contributed by atoms with van der Waals surface area (Å²) in [6.45, 7) is 5.18. The van der Waals surface area contributed by atoms with E-state index in [1.165, 1.54) is 6.42 Å². The lowest BCUT2D eigenvalue weighted by atomic mass is 9.69. The third-order valence-corrected chi connectivity index (χ3v) is 6.09. The Morgan fingerprint density at radius 3 is 2.60 bits per heavy atom. The predicted molar refractivity (Wildman–Crippen MR) is 87.2 cm³/mol. The van der Waals surface area contributed by atoms with Gasteiger partial charge in [0.05, 0.1) is 18.1 Å². The van der Waals surface area contributed by atoms with Gasteiger partial charge in [-0.3, -0.25) is 4.79 Å². The Morgan fingerprint density at radius 1 is 1.16 bits per heavy atom. The summed E-state index contributed by atoms with van der Waals surface area (Å²) < 4.78 is 21.8. The van der Waals surface area contributed by atoms with Crippen LogP contribution in [0, 0.1) is 29.6 Å². The van der Waals surface area contributed by atoms with E-state index in [0.717, 1.165) is 0 Å². The van der Waals surface area contributed by atoms with Crippen molar-refractivity contribution in [3.8, 4) is 0 Å². The smallest absolute Gasteiger partial charge is 0.346 e. The molecular weight excluding hydrogens is 324 g/mol. The highest BCUT2D eigenvalue weighted by atomic mass is 16.7. The zero-order chi connectivity index (χ0) is 17.8. The molecule has 0 spiro atoms. The van der Waals surface area contributed by atoms with Crippen LogP contribution in [0.5, 0.6) is 0 Å². The third kappa shape index (κ3) is 2.89. The van der Waals surface area contributed by atoms with Crippen molar-refractivity contribution in [1.82, 2.24) is 0 Å². The van der Waals surface area contributed by atoms with Gasteiger partial charge in [-0.05, 0) is 43.4 Å². The van der Waals surface area contributed by atoms with Gasteiger partial charge in [0.15, 0.2) is 6.61 Å². The first-order valence-electron chi connectivity index (χ1n) is 9.26. The van der Waals surface area contributed by atoms with Gasteiger partial charge in [-0.15, -0.1) is 0 Å². The molecule has 2 aliphatic heterocycles. The average Bonchev–Trinajstić information content (AvgIpc) is 3.29. The first-order chi connectivity index (χ1) is 11.9. The number of ether oxygens (including phenoxy) is 4. The third-order valence-electron chi connectivity index (χ3n) is 6.09. The van der Waals surface area contributed by atoms with Crippen LogP contribution in [0.2, 0.25) is 0 Å². The molecule has 4 aliphatic rings. The van der Waals surface area contributed by atoms with Crippen molar-refractivity contribution in [3.63, 3.8) is 0 Å². The lowest BCUT2D eigenvalue weighted by Crippen LogP contribution is -2.40. The quantitative estimate of drug-likeness (QED) is 0.415. The molecule has 138 valence electrons. The van der Waals surface area contributed by atoms with Crippen molar-refractivity contribution < 1.29 is 28.5 Å². The van der Waals surface area contributed by atoms with Gasteiger partial charge in [-0.2, -0.15) is 0 Å². The first kappa shape index (κ1) is 17.0. The summed E-state index contributed by atoms with van der Waals surface area (Å²) in [5, 5.41) is 0. The van der Waals surface area contributed by atoms with Gasteiger partial charge in [0, 0.05) is 20.5 Å². The fourth-order valence-corrected chi connectivity index (χ4v) is 5.38. The Hall–Kier alpha value is -1.40. The van der Waals surface area contributed by atoms with Crippen LogP contribution >= 0.6 is 0 Å². The van der Waals surface area contributed by atoms with E-state index in [1.54, 1.807) is 13.8 Å². The second-order valence-electron chi connectivity index (χ2n) is 8.00. The molecule has 3 fully saturated rings. The molecule has 2 saturated heterocycles. The molecular formula is C19H26O6. The minimum absolute atomic E-state index is 0.0571. The molecule has 2 aliphatic carbocycles. The second kappa shape index (κ2) is 6.09. The van der Waals surface area contributed by atoms with Crippen molar-refractivity contribution in [2.24, 2.45) is 29.6 Å². The SMILES string of the molecule is CCOC(C)(C)OC(=O)COC(=O)C1CC2OC1C1C3C=CC(C3)C21. The van der Waals surface area contributed by atoms with Gasteiger partial charge in [-0.25, -0.2) is 4.79 Å². The first-order valence-corrected chi connectivity index (χ1v) is 9.26. The van der Waals surface area contributed by atoms with Crippen molar-refractivity contribution in [1.29, 1.82) is 0 Å². The van der Waals surface area contributed by atoms with Crippen molar-refractivity contribution in [3.05, 3.63) is 12.2 Å². The maximum absolute atomic E-state index is 12.5. The van der Waals surface area contributed by atoms with Crippen LogP contribution in [-0.4, -0.2) is 43.1 Å². The molecule has 6 nitrogen and oxygen atoms in total. The monoisotopic (exact) mass is 350 g/mol. The lowest BCUT2D eigenvalue weighted by molar-refractivity contribution is -0.218. The van der Waals surface area contributed by atoms with Crippen molar-refractivity contribution >= 4 is 11.9 Å². The topological polar surface area (TPSA) is 71.1 Å². The van der Waals surface area contributed by atoms with E-state index in [4.69, 9.17) is 18.9 Å². The van der Waals surface area contributed by atoms with Crippen LogP contribution < -0.4 is 0 Å². The van der Waals surface area contributed by atoms with E-state index >= 15 is 0 Å². The van der Waals surface area contributed by atoms with Crippen molar-refractivity contribution in [2.75, 3.05) is 13.2 Å². The Labute approximate surface area is 147 Å². The summed E-state index contributed by atoms with van der Waals surface area (Å²) >= 11 is 0. The Bertz CT molecular complexity index is 597. The summed E-state index contributed by atoms with van der Waals surface area (Å²) in [5.41, 5.74) is 0. The molecule has 0 aromatic heterocycles. The normalized spacial score (nSPS) is 40.4. The minimum Gasteiger partial charge on any atom is -0.453 e. The molecule has 0 aromatic rings. The number of allylic oxidation sites excluding steroid dienone is 2. The zero-order valence-electron chi connectivity index (χ0n) is 15.0. The van der Waals surface area contributed by atoms with Gasteiger partial charge in [0.25, 0.3) is 0 Å². The number of carbonyl (C=O) groups is 2. The number of hydrogen-bond acceptors (Lipinski definition) is 6. The molecule has 0 aromatic carbocycles. The fourth-order valence-electron chi connectivity index (χ4n) is 5.38. The molecule has 7 atom stereocenters. The molecule has 0 amide bonds. The number of rotatable bonds is 6. The summed E-state index contributed by atoms with van der Waals surface area (Å²) in [6.07, 6.45) is 6.62. The van der Waals surface area contributed by atoms with E-state index in [2.05, 4.69) is 12.2 Å². The van der Waals surface area contributed by atoms with E-state index in [9.17, 15) is 9.59 Å². The number of carbonyl (C=O) groups excluding carboxylic acids is 2. The molecule has 6 heteroatoms. The highest BCUT2D eigenvalue weighted by Crippen LogP contribution is 2.61. The van der Waals surface area contributed by atoms with Crippen LogP contribution in [0.3, 0.4) is 0 Å². The predicted octanol–water partition coefficient (Wildman–Crippen LogP) is 2.07. The standard InChI is InChI=1S/C19H26O6/c1-4-23-19(2,3)25-14(20)9-22-18(21)12-8-13-15-10-5-6-11(7-10)16(15)17(12)24-13/h5-6,10-13,15-17H,4,7-9H2,1-3H3. The highest BCUT2D eigenvalue weighted by molar-refractivity contribution is 5.78. The van der Waals surface area contributed by atoms with Crippen LogP contribution in [0.25, 0.3) is 0 Å². The van der Waals surface area contributed by atoms with E-state index in [-0.39, 0.29) is 30.7 Å². The van der Waals surface area contributed by atoms with Crippen LogP contribution in [0.4, 0.5) is 0 Å². The molecule has 2 heterocycles. The number of esters is 2. The summed E-state index contributed by atoms with van der Waals surface area (Å²) in [7, 11) is 0. The Kier molecular flexibility index (Phi) is 4.15. The van der Waals surface area contributed by atoms with E-state index in [1.807, 2.05) is 6.92 Å². The molecule has 0 radical (unpaired) electrons. The largest absolute Gasteiger partial charge is 0.453 e.